The molecule has 1 aliphatic rings. The van der Waals surface area contributed by atoms with Gasteiger partial charge in [-0.1, -0.05) is 54.1 Å². The highest BCUT2D eigenvalue weighted by atomic mass is 35.5. The van der Waals surface area contributed by atoms with Gasteiger partial charge >= 0.3 is 5.97 Å². The summed E-state index contributed by atoms with van der Waals surface area (Å²) in [7, 11) is 0. The molecule has 2 atom stereocenters. The summed E-state index contributed by atoms with van der Waals surface area (Å²) in [4.78, 5) is 43.5. The zero-order chi connectivity index (χ0) is 26.1. The quantitative estimate of drug-likeness (QED) is 0.339. The summed E-state index contributed by atoms with van der Waals surface area (Å²) < 4.78 is 3.27. The van der Waals surface area contributed by atoms with Crippen LogP contribution in [0.25, 0.3) is 17.0 Å². The van der Waals surface area contributed by atoms with E-state index in [1.54, 1.807) is 23.2 Å². The number of amides is 1. The Morgan fingerprint density at radius 3 is 2.54 bits per heavy atom. The van der Waals surface area contributed by atoms with Gasteiger partial charge in [0.2, 0.25) is 11.7 Å². The molecule has 11 heteroatoms. The number of carboxylic acid groups (broad SMARTS) is 1. The average molecular weight is 522 g/mol. The molecular formula is C26H24ClN5O5. The fourth-order valence-corrected chi connectivity index (χ4v) is 4.72. The average Bonchev–Trinajstić information content (AvgIpc) is 3.50. The molecule has 0 bridgehead atoms. The third-order valence-electron chi connectivity index (χ3n) is 6.31. The van der Waals surface area contributed by atoms with Crippen LogP contribution in [-0.4, -0.2) is 61.3 Å². The number of aliphatic hydroxyl groups is 1. The highest BCUT2D eigenvalue weighted by Crippen LogP contribution is 2.29. The first-order chi connectivity index (χ1) is 17.8. The predicted molar refractivity (Wildman–Crippen MR) is 138 cm³/mol. The number of imidazole rings is 1. The Kier molecular flexibility index (Phi) is 6.68. The maximum absolute atomic E-state index is 13.3. The van der Waals surface area contributed by atoms with Gasteiger partial charge in [0.1, 0.15) is 18.4 Å². The van der Waals surface area contributed by atoms with E-state index >= 15 is 0 Å². The van der Waals surface area contributed by atoms with Gasteiger partial charge in [0.25, 0.3) is 5.56 Å². The van der Waals surface area contributed by atoms with Crippen molar-refractivity contribution in [1.82, 2.24) is 19.3 Å². The third-order valence-corrected chi connectivity index (χ3v) is 6.56. The highest BCUT2D eigenvalue weighted by molar-refractivity contribution is 6.30. The predicted octanol–water partition coefficient (Wildman–Crippen LogP) is 2.01. The van der Waals surface area contributed by atoms with E-state index in [1.165, 1.54) is 10.5 Å². The van der Waals surface area contributed by atoms with Gasteiger partial charge in [-0.2, -0.15) is 0 Å². The molecular weight excluding hydrogens is 498 g/mol. The fourth-order valence-electron chi connectivity index (χ4n) is 4.59. The lowest BCUT2D eigenvalue weighted by atomic mass is 10.2. The molecule has 0 spiro atoms. The Labute approximate surface area is 216 Å². The van der Waals surface area contributed by atoms with Crippen LogP contribution in [0.15, 0.2) is 71.7 Å². The Morgan fingerprint density at radius 2 is 1.84 bits per heavy atom. The molecule has 0 unspecified atom stereocenters. The molecule has 1 fully saturated rings. The third kappa shape index (κ3) is 5.07. The number of fused-ring (bicyclic) bond motifs is 1. The van der Waals surface area contributed by atoms with Crippen molar-refractivity contribution in [2.45, 2.75) is 25.1 Å². The standard InChI is InChI=1S/C26H24ClN5O5/c27-18-8-6-17(7-9-18)20-15-32-23(34)11-22(31(26(32)29-20)13-16-4-2-1-3-5-16)30-14-19(33)10-21(30)25(37)28-12-24(35)36/h1-9,11,15,19,21,33H,10,12-14H2,(H,28,37)(H,35,36)/t19-,21+/m1/s1. The van der Waals surface area contributed by atoms with Crippen molar-refractivity contribution in [2.24, 2.45) is 0 Å². The van der Waals surface area contributed by atoms with Crippen LogP contribution in [0.2, 0.25) is 5.02 Å². The van der Waals surface area contributed by atoms with Gasteiger partial charge in [0.05, 0.1) is 18.3 Å². The van der Waals surface area contributed by atoms with E-state index < -0.39 is 30.6 Å². The lowest BCUT2D eigenvalue weighted by molar-refractivity contribution is -0.138. The van der Waals surface area contributed by atoms with Crippen LogP contribution in [0.1, 0.15) is 12.0 Å². The van der Waals surface area contributed by atoms with Gasteiger partial charge in [0.15, 0.2) is 0 Å². The van der Waals surface area contributed by atoms with Gasteiger partial charge in [-0.05, 0) is 17.7 Å². The van der Waals surface area contributed by atoms with Crippen LogP contribution in [-0.2, 0) is 16.1 Å². The molecule has 0 radical (unpaired) electrons. The van der Waals surface area contributed by atoms with Crippen molar-refractivity contribution in [3.05, 3.63) is 87.8 Å². The second-order valence-electron chi connectivity index (χ2n) is 8.88. The minimum atomic E-state index is -1.17. The van der Waals surface area contributed by atoms with Crippen LogP contribution in [0.3, 0.4) is 0 Å². The van der Waals surface area contributed by atoms with E-state index in [9.17, 15) is 19.5 Å². The molecule has 2 aromatic carbocycles. The van der Waals surface area contributed by atoms with Crippen molar-refractivity contribution in [3.8, 4) is 11.3 Å². The number of rotatable bonds is 7. The molecule has 0 aliphatic carbocycles. The van der Waals surface area contributed by atoms with Crippen molar-refractivity contribution < 1.29 is 19.8 Å². The minimum Gasteiger partial charge on any atom is -0.480 e. The highest BCUT2D eigenvalue weighted by Gasteiger charge is 2.38. The molecule has 3 N–H and O–H groups in total. The molecule has 4 aromatic rings. The summed E-state index contributed by atoms with van der Waals surface area (Å²) in [6, 6.07) is 17.3. The maximum atomic E-state index is 13.3. The van der Waals surface area contributed by atoms with Gasteiger partial charge in [-0.15, -0.1) is 0 Å². The van der Waals surface area contributed by atoms with Crippen LogP contribution in [0.4, 0.5) is 5.82 Å². The summed E-state index contributed by atoms with van der Waals surface area (Å²) in [5.74, 6) is -0.945. The normalized spacial score (nSPS) is 17.3. The number of nitrogens with zero attached hydrogens (tertiary/aromatic N) is 4. The number of carbonyl (C=O) groups excluding carboxylic acids is 1. The molecule has 10 nitrogen and oxygen atoms in total. The number of halogens is 1. The second-order valence-corrected chi connectivity index (χ2v) is 9.32. The smallest absolute Gasteiger partial charge is 0.322 e. The van der Waals surface area contributed by atoms with E-state index in [1.807, 2.05) is 47.0 Å². The van der Waals surface area contributed by atoms with Crippen molar-refractivity contribution in [3.63, 3.8) is 0 Å². The molecule has 1 saturated heterocycles. The van der Waals surface area contributed by atoms with E-state index in [-0.39, 0.29) is 18.5 Å². The first kappa shape index (κ1) is 24.5. The topological polar surface area (TPSA) is 129 Å². The number of nitrogens with one attached hydrogen (secondary N) is 1. The number of carboxylic acids is 1. The van der Waals surface area contributed by atoms with Crippen molar-refractivity contribution in [2.75, 3.05) is 18.0 Å². The SMILES string of the molecule is O=C(O)CNC(=O)[C@@H]1C[C@@H](O)CN1c1cc(=O)n2cc(-c3ccc(Cl)cc3)nc2n1Cc1ccccc1. The fraction of sp³-hybridized carbons (Fsp3) is 0.231. The Hall–Kier alpha value is -4.15. The second kappa shape index (κ2) is 10.1. The van der Waals surface area contributed by atoms with Crippen LogP contribution >= 0.6 is 11.6 Å². The van der Waals surface area contributed by atoms with E-state index in [2.05, 4.69) is 5.32 Å². The number of aliphatic hydroxyl groups excluding tert-OH is 1. The molecule has 5 rings (SSSR count). The van der Waals surface area contributed by atoms with Gasteiger partial charge < -0.3 is 20.4 Å². The Bertz CT molecular complexity index is 1520. The number of β-amino-alcohol motifs (C(OH)–C–C–N with tert-alkyl or cyclic N) is 1. The molecule has 37 heavy (non-hydrogen) atoms. The molecule has 190 valence electrons. The summed E-state index contributed by atoms with van der Waals surface area (Å²) in [5.41, 5.74) is 1.94. The molecule has 1 amide bonds. The molecule has 3 heterocycles. The number of anilines is 1. The van der Waals surface area contributed by atoms with Crippen LogP contribution in [0, 0.1) is 0 Å². The number of hydrogen-bond acceptors (Lipinski definition) is 6. The van der Waals surface area contributed by atoms with Gasteiger partial charge in [-0.25, -0.2) is 4.98 Å². The number of carbonyl (C=O) groups is 2. The summed E-state index contributed by atoms with van der Waals surface area (Å²) in [6.07, 6.45) is 0.921. The monoisotopic (exact) mass is 521 g/mol. The van der Waals surface area contributed by atoms with Gasteiger partial charge in [-0.3, -0.25) is 23.4 Å². The van der Waals surface area contributed by atoms with E-state index in [0.29, 0.717) is 28.9 Å². The minimum absolute atomic E-state index is 0.0975. The first-order valence-electron chi connectivity index (χ1n) is 11.7. The van der Waals surface area contributed by atoms with Crippen molar-refractivity contribution >= 4 is 35.1 Å². The van der Waals surface area contributed by atoms with E-state index in [0.717, 1.165) is 11.1 Å². The summed E-state index contributed by atoms with van der Waals surface area (Å²) in [5, 5.41) is 22.4. The molecule has 0 saturated carbocycles. The first-order valence-corrected chi connectivity index (χ1v) is 12.0. The summed E-state index contributed by atoms with van der Waals surface area (Å²) >= 11 is 6.03. The number of aromatic nitrogens is 3. The Balaban J connectivity index is 1.65. The van der Waals surface area contributed by atoms with Crippen molar-refractivity contribution in [1.29, 1.82) is 0 Å². The number of hydrogen-bond donors (Lipinski definition) is 3. The van der Waals surface area contributed by atoms with Gasteiger partial charge in [0, 0.05) is 35.8 Å². The number of aliphatic carboxylic acids is 1. The van der Waals surface area contributed by atoms with E-state index in [4.69, 9.17) is 21.7 Å². The largest absolute Gasteiger partial charge is 0.480 e. The zero-order valence-electron chi connectivity index (χ0n) is 19.6. The van der Waals surface area contributed by atoms with Crippen LogP contribution in [0.5, 0.6) is 0 Å². The number of benzene rings is 2. The molecule has 1 aliphatic heterocycles. The van der Waals surface area contributed by atoms with Crippen LogP contribution < -0.4 is 15.8 Å². The molecule has 2 aromatic heterocycles. The Morgan fingerprint density at radius 1 is 1.11 bits per heavy atom. The maximum Gasteiger partial charge on any atom is 0.322 e. The lowest BCUT2D eigenvalue weighted by Gasteiger charge is -2.28. The zero-order valence-corrected chi connectivity index (χ0v) is 20.4. The lowest BCUT2D eigenvalue weighted by Crippen LogP contribution is -2.46. The summed E-state index contributed by atoms with van der Waals surface area (Å²) in [6.45, 7) is -0.104.